The topological polar surface area (TPSA) is 38.3 Å². The van der Waals surface area contributed by atoms with E-state index in [4.69, 9.17) is 4.74 Å². The van der Waals surface area contributed by atoms with Crippen LogP contribution in [-0.4, -0.2) is 12.6 Å². The Balaban J connectivity index is 2.03. The molecule has 1 aliphatic rings. The molecule has 0 bridgehead atoms. The van der Waals surface area contributed by atoms with Crippen LogP contribution in [0.4, 0.5) is 5.69 Å². The number of anilines is 1. The maximum absolute atomic E-state index is 11.7. The van der Waals surface area contributed by atoms with Crippen molar-refractivity contribution in [2.45, 2.75) is 13.3 Å². The zero-order chi connectivity index (χ0) is 13.2. The lowest BCUT2D eigenvalue weighted by Gasteiger charge is -2.19. The van der Waals surface area contributed by atoms with Crippen LogP contribution in [0.25, 0.3) is 16.3 Å². The van der Waals surface area contributed by atoms with Gasteiger partial charge in [-0.05, 0) is 29.5 Å². The van der Waals surface area contributed by atoms with Gasteiger partial charge in [-0.25, -0.2) is 0 Å². The molecule has 0 aliphatic carbocycles. The lowest BCUT2D eigenvalue weighted by Crippen LogP contribution is -2.08. The van der Waals surface area contributed by atoms with E-state index in [9.17, 15) is 4.79 Å². The molecule has 0 saturated carbocycles. The van der Waals surface area contributed by atoms with Crippen molar-refractivity contribution in [3.8, 4) is 0 Å². The number of hydrogen-bond acceptors (Lipinski definition) is 3. The molecule has 3 rings (SSSR count). The molecule has 96 valence electrons. The number of ether oxygens (including phenoxy) is 1. The molecule has 0 amide bonds. The molecule has 0 spiro atoms. The van der Waals surface area contributed by atoms with Gasteiger partial charge in [-0.1, -0.05) is 30.3 Å². The van der Waals surface area contributed by atoms with Crippen LogP contribution in [0.3, 0.4) is 0 Å². The molecule has 0 fully saturated rings. The highest BCUT2D eigenvalue weighted by Gasteiger charge is 2.17. The Hall–Kier alpha value is -2.29. The highest BCUT2D eigenvalue weighted by molar-refractivity contribution is 6.06. The van der Waals surface area contributed by atoms with Gasteiger partial charge in [-0.2, -0.15) is 0 Å². The zero-order valence-corrected chi connectivity index (χ0v) is 10.8. The smallest absolute Gasteiger partial charge is 0.310 e. The van der Waals surface area contributed by atoms with Crippen molar-refractivity contribution in [1.82, 2.24) is 0 Å². The van der Waals surface area contributed by atoms with Gasteiger partial charge >= 0.3 is 5.97 Å². The molecule has 0 atom stereocenters. The molecule has 0 unspecified atom stereocenters. The first-order valence-corrected chi connectivity index (χ1v) is 6.43. The van der Waals surface area contributed by atoms with Crippen LogP contribution in [-0.2, 0) is 9.53 Å². The minimum Gasteiger partial charge on any atom is -0.466 e. The molecule has 3 nitrogen and oxygen atoms in total. The first-order valence-electron chi connectivity index (χ1n) is 6.43. The lowest BCUT2D eigenvalue weighted by molar-refractivity contribution is -0.141. The Morgan fingerprint density at radius 1 is 1.21 bits per heavy atom. The maximum Gasteiger partial charge on any atom is 0.310 e. The molecule has 3 heteroatoms. The first kappa shape index (κ1) is 11.8. The van der Waals surface area contributed by atoms with Gasteiger partial charge in [0.2, 0.25) is 0 Å². The van der Waals surface area contributed by atoms with E-state index < -0.39 is 0 Å². The third-order valence-corrected chi connectivity index (χ3v) is 3.29. The summed E-state index contributed by atoms with van der Waals surface area (Å²) in [5.41, 5.74) is 3.17. The van der Waals surface area contributed by atoms with Gasteiger partial charge < -0.3 is 10.1 Å². The minimum atomic E-state index is -0.188. The second kappa shape index (κ2) is 4.76. The number of benzene rings is 2. The van der Waals surface area contributed by atoms with Gasteiger partial charge in [-0.3, -0.25) is 4.79 Å². The second-order valence-corrected chi connectivity index (χ2v) is 4.50. The molecule has 1 heterocycles. The normalized spacial score (nSPS) is 12.8. The van der Waals surface area contributed by atoms with Crippen molar-refractivity contribution >= 4 is 28.0 Å². The Morgan fingerprint density at radius 2 is 2.00 bits per heavy atom. The average Bonchev–Trinajstić information content (AvgIpc) is 2.43. The van der Waals surface area contributed by atoms with E-state index in [0.717, 1.165) is 16.8 Å². The lowest BCUT2D eigenvalue weighted by atomic mass is 9.93. The van der Waals surface area contributed by atoms with Crippen LogP contribution < -0.4 is 5.32 Å². The van der Waals surface area contributed by atoms with Gasteiger partial charge in [0.05, 0.1) is 13.0 Å². The summed E-state index contributed by atoms with van der Waals surface area (Å²) in [7, 11) is 0. The van der Waals surface area contributed by atoms with Crippen LogP contribution in [0.5, 0.6) is 0 Å². The third-order valence-electron chi connectivity index (χ3n) is 3.29. The molecule has 0 saturated heterocycles. The first-order chi connectivity index (χ1) is 9.29. The third kappa shape index (κ3) is 2.08. The van der Waals surface area contributed by atoms with Crippen molar-refractivity contribution in [3.05, 3.63) is 48.2 Å². The summed E-state index contributed by atoms with van der Waals surface area (Å²) < 4.78 is 5.02. The SMILES string of the molecule is CCOC(=O)CC1=CNc2cccc3cccc1c23. The monoisotopic (exact) mass is 253 g/mol. The Kier molecular flexibility index (Phi) is 2.95. The van der Waals surface area contributed by atoms with Crippen molar-refractivity contribution < 1.29 is 9.53 Å². The summed E-state index contributed by atoms with van der Waals surface area (Å²) in [6.45, 7) is 2.24. The van der Waals surface area contributed by atoms with Crippen molar-refractivity contribution in [1.29, 1.82) is 0 Å². The van der Waals surface area contributed by atoms with E-state index in [1.807, 2.05) is 31.3 Å². The molecule has 0 radical (unpaired) electrons. The van der Waals surface area contributed by atoms with E-state index in [0.29, 0.717) is 13.0 Å². The fraction of sp³-hybridized carbons (Fsp3) is 0.188. The molecular weight excluding hydrogens is 238 g/mol. The number of hydrogen-bond donors (Lipinski definition) is 1. The van der Waals surface area contributed by atoms with Gasteiger partial charge in [0.25, 0.3) is 0 Å². The predicted molar refractivity (Wildman–Crippen MR) is 76.8 cm³/mol. The van der Waals surface area contributed by atoms with Crippen LogP contribution in [0.2, 0.25) is 0 Å². The summed E-state index contributed by atoms with van der Waals surface area (Å²) in [4.78, 5) is 11.7. The highest BCUT2D eigenvalue weighted by Crippen LogP contribution is 2.36. The van der Waals surface area contributed by atoms with E-state index >= 15 is 0 Å². The minimum absolute atomic E-state index is 0.188. The summed E-state index contributed by atoms with van der Waals surface area (Å²) in [6, 6.07) is 12.3. The molecular formula is C16H15NO2. The van der Waals surface area contributed by atoms with Gasteiger partial charge in [-0.15, -0.1) is 0 Å². The summed E-state index contributed by atoms with van der Waals surface area (Å²) in [5, 5.41) is 5.61. The standard InChI is InChI=1S/C16H15NO2/c1-2-19-15(18)9-12-10-17-14-8-4-6-11-5-3-7-13(12)16(11)14/h3-8,10,17H,2,9H2,1H3. The molecule has 2 aromatic carbocycles. The number of carbonyl (C=O) groups excluding carboxylic acids is 1. The van der Waals surface area contributed by atoms with Crippen LogP contribution >= 0.6 is 0 Å². The second-order valence-electron chi connectivity index (χ2n) is 4.50. The number of rotatable bonds is 3. The summed E-state index contributed by atoms with van der Waals surface area (Å²) in [5.74, 6) is -0.188. The van der Waals surface area contributed by atoms with E-state index in [-0.39, 0.29) is 5.97 Å². The molecule has 1 N–H and O–H groups in total. The highest BCUT2D eigenvalue weighted by atomic mass is 16.5. The van der Waals surface area contributed by atoms with Crippen molar-refractivity contribution in [2.24, 2.45) is 0 Å². The van der Waals surface area contributed by atoms with E-state index in [1.165, 1.54) is 10.8 Å². The number of esters is 1. The van der Waals surface area contributed by atoms with Crippen molar-refractivity contribution in [3.63, 3.8) is 0 Å². The van der Waals surface area contributed by atoms with Gasteiger partial charge in [0.1, 0.15) is 0 Å². The quantitative estimate of drug-likeness (QED) is 0.850. The maximum atomic E-state index is 11.7. The van der Waals surface area contributed by atoms with Gasteiger partial charge in [0, 0.05) is 17.3 Å². The summed E-state index contributed by atoms with van der Waals surface area (Å²) >= 11 is 0. The van der Waals surface area contributed by atoms with Crippen LogP contribution in [0.1, 0.15) is 18.9 Å². The Morgan fingerprint density at radius 3 is 2.79 bits per heavy atom. The average molecular weight is 253 g/mol. The largest absolute Gasteiger partial charge is 0.466 e. The number of nitrogens with one attached hydrogen (secondary N) is 1. The molecule has 2 aromatic rings. The van der Waals surface area contributed by atoms with E-state index in [2.05, 4.69) is 23.5 Å². The fourth-order valence-corrected chi connectivity index (χ4v) is 2.49. The number of carbonyl (C=O) groups is 1. The van der Waals surface area contributed by atoms with Crippen LogP contribution in [0, 0.1) is 0 Å². The Labute approximate surface area is 111 Å². The molecule has 19 heavy (non-hydrogen) atoms. The Bertz CT molecular complexity index is 668. The van der Waals surface area contributed by atoms with Crippen LogP contribution in [0.15, 0.2) is 42.6 Å². The molecule has 1 aliphatic heterocycles. The predicted octanol–water partition coefficient (Wildman–Crippen LogP) is 3.56. The fourth-order valence-electron chi connectivity index (χ4n) is 2.49. The van der Waals surface area contributed by atoms with Gasteiger partial charge in [0.15, 0.2) is 0 Å². The molecule has 0 aromatic heterocycles. The van der Waals surface area contributed by atoms with E-state index in [1.54, 1.807) is 0 Å². The van der Waals surface area contributed by atoms with Crippen molar-refractivity contribution in [2.75, 3.05) is 11.9 Å². The summed E-state index contributed by atoms with van der Waals surface area (Å²) in [6.07, 6.45) is 2.20. The zero-order valence-electron chi connectivity index (χ0n) is 10.8.